The van der Waals surface area contributed by atoms with Crippen molar-refractivity contribution in [3.63, 3.8) is 0 Å². The monoisotopic (exact) mass is 293 g/mol. The van der Waals surface area contributed by atoms with Crippen LogP contribution in [0.15, 0.2) is 24.5 Å². The van der Waals surface area contributed by atoms with E-state index < -0.39 is 0 Å². The van der Waals surface area contributed by atoms with Crippen LogP contribution in [0.1, 0.15) is 24.8 Å². The van der Waals surface area contributed by atoms with Gasteiger partial charge in [-0.3, -0.25) is 9.78 Å². The van der Waals surface area contributed by atoms with E-state index in [0.29, 0.717) is 13.0 Å². The largest absolute Gasteiger partial charge is 0.394 e. The fraction of sp³-hybridized carbons (Fsp3) is 0.600. The molecule has 21 heavy (non-hydrogen) atoms. The minimum atomic E-state index is -0.350. The van der Waals surface area contributed by atoms with Gasteiger partial charge in [0.15, 0.2) is 0 Å². The van der Waals surface area contributed by atoms with Crippen LogP contribution in [0, 0.1) is 0 Å². The summed E-state index contributed by atoms with van der Waals surface area (Å²) < 4.78 is 5.78. The molecule has 0 unspecified atom stereocenters. The Hall–Kier alpha value is -1.50. The summed E-state index contributed by atoms with van der Waals surface area (Å²) in [6.07, 6.45) is 5.82. The van der Waals surface area contributed by atoms with E-state index in [1.807, 2.05) is 12.1 Å². The molecule has 6 heteroatoms. The maximum Gasteiger partial charge on any atom is 0.224 e. The van der Waals surface area contributed by atoms with Gasteiger partial charge in [0.1, 0.15) is 6.10 Å². The molecule has 2 heterocycles. The molecule has 4 N–H and O–H groups in total. The minimum absolute atomic E-state index is 0.0643. The molecule has 0 radical (unpaired) electrons. The Morgan fingerprint density at radius 3 is 2.86 bits per heavy atom. The van der Waals surface area contributed by atoms with Crippen molar-refractivity contribution in [1.29, 1.82) is 0 Å². The van der Waals surface area contributed by atoms with Crippen molar-refractivity contribution in [3.8, 4) is 0 Å². The van der Waals surface area contributed by atoms with Gasteiger partial charge in [0.25, 0.3) is 0 Å². The Morgan fingerprint density at radius 1 is 1.43 bits per heavy atom. The van der Waals surface area contributed by atoms with Crippen molar-refractivity contribution in [3.05, 3.63) is 30.1 Å². The molecule has 1 amide bonds. The standard InChI is InChI=1S/C15H23N3O3/c16-6-3-12-1-2-13(14(10-19)21-12)18-15(20)9-11-4-7-17-8-5-11/h4-5,7-8,12-14,19H,1-3,6,9-10,16H2,(H,18,20)/t12-,13-,14-/m1/s1. The molecule has 1 aliphatic heterocycles. The molecule has 6 nitrogen and oxygen atoms in total. The Morgan fingerprint density at radius 2 is 2.19 bits per heavy atom. The molecular formula is C15H23N3O3. The third-order valence-corrected chi connectivity index (χ3v) is 3.74. The summed E-state index contributed by atoms with van der Waals surface area (Å²) in [7, 11) is 0. The molecule has 1 aliphatic rings. The van der Waals surface area contributed by atoms with Gasteiger partial charge in [0, 0.05) is 12.4 Å². The lowest BCUT2D eigenvalue weighted by atomic mass is 9.97. The fourth-order valence-corrected chi connectivity index (χ4v) is 2.64. The van der Waals surface area contributed by atoms with E-state index in [0.717, 1.165) is 24.8 Å². The van der Waals surface area contributed by atoms with Crippen molar-refractivity contribution in [1.82, 2.24) is 10.3 Å². The molecule has 0 spiro atoms. The summed E-state index contributed by atoms with van der Waals surface area (Å²) in [6.45, 7) is 0.475. The first-order chi connectivity index (χ1) is 10.2. The molecule has 3 atom stereocenters. The average molecular weight is 293 g/mol. The highest BCUT2D eigenvalue weighted by atomic mass is 16.5. The number of hydrogen-bond donors (Lipinski definition) is 3. The Balaban J connectivity index is 1.85. The summed E-state index contributed by atoms with van der Waals surface area (Å²) >= 11 is 0. The van der Waals surface area contributed by atoms with Crippen LogP contribution in [0.4, 0.5) is 0 Å². The summed E-state index contributed by atoms with van der Waals surface area (Å²) in [5.74, 6) is -0.0643. The topological polar surface area (TPSA) is 97.5 Å². The van der Waals surface area contributed by atoms with Crippen LogP contribution in [-0.4, -0.2) is 47.4 Å². The predicted octanol–water partition coefficient (Wildman–Crippen LogP) is -0.00240. The quantitative estimate of drug-likeness (QED) is 0.686. The Bertz CT molecular complexity index is 441. The number of nitrogens with one attached hydrogen (secondary N) is 1. The second-order valence-corrected chi connectivity index (χ2v) is 5.34. The first-order valence-corrected chi connectivity index (χ1v) is 7.37. The molecule has 0 saturated carbocycles. The zero-order valence-electron chi connectivity index (χ0n) is 12.1. The van der Waals surface area contributed by atoms with Gasteiger partial charge in [0.2, 0.25) is 5.91 Å². The van der Waals surface area contributed by atoms with Gasteiger partial charge < -0.3 is 20.9 Å². The normalized spacial score (nSPS) is 25.5. The number of nitrogens with two attached hydrogens (primary N) is 1. The third kappa shape index (κ3) is 4.77. The van der Waals surface area contributed by atoms with Crippen LogP contribution in [-0.2, 0) is 16.0 Å². The van der Waals surface area contributed by atoms with Gasteiger partial charge in [0.05, 0.1) is 25.2 Å². The SMILES string of the molecule is NCC[C@H]1CC[C@@H](NC(=O)Cc2ccncc2)[C@@H](CO)O1. The predicted molar refractivity (Wildman–Crippen MR) is 78.5 cm³/mol. The third-order valence-electron chi connectivity index (χ3n) is 3.74. The number of nitrogens with zero attached hydrogens (tertiary/aromatic N) is 1. The minimum Gasteiger partial charge on any atom is -0.394 e. The number of aliphatic hydroxyl groups excluding tert-OH is 1. The van der Waals surface area contributed by atoms with Crippen molar-refractivity contribution in [2.75, 3.05) is 13.2 Å². The van der Waals surface area contributed by atoms with Crippen LogP contribution < -0.4 is 11.1 Å². The zero-order chi connectivity index (χ0) is 15.1. The van der Waals surface area contributed by atoms with Gasteiger partial charge in [-0.2, -0.15) is 0 Å². The lowest BCUT2D eigenvalue weighted by Gasteiger charge is -2.36. The molecule has 1 aromatic heterocycles. The van der Waals surface area contributed by atoms with Crippen LogP contribution in [0.3, 0.4) is 0 Å². The zero-order valence-corrected chi connectivity index (χ0v) is 12.1. The van der Waals surface area contributed by atoms with Crippen molar-refractivity contribution in [2.45, 2.75) is 43.9 Å². The number of pyridine rings is 1. The van der Waals surface area contributed by atoms with E-state index in [1.165, 1.54) is 0 Å². The van der Waals surface area contributed by atoms with E-state index in [-0.39, 0.29) is 30.8 Å². The van der Waals surface area contributed by atoms with Gasteiger partial charge in [-0.25, -0.2) is 0 Å². The molecule has 1 fully saturated rings. The maximum atomic E-state index is 12.1. The number of hydrogen-bond acceptors (Lipinski definition) is 5. The maximum absolute atomic E-state index is 12.1. The number of carbonyl (C=O) groups is 1. The molecular weight excluding hydrogens is 270 g/mol. The number of carbonyl (C=O) groups excluding carboxylic acids is 1. The molecule has 0 aliphatic carbocycles. The fourth-order valence-electron chi connectivity index (χ4n) is 2.64. The van der Waals surface area contributed by atoms with Crippen molar-refractivity contribution >= 4 is 5.91 Å². The molecule has 1 aromatic rings. The summed E-state index contributed by atoms with van der Waals surface area (Å²) in [6, 6.07) is 3.49. The lowest BCUT2D eigenvalue weighted by molar-refractivity contribution is -0.127. The summed E-state index contributed by atoms with van der Waals surface area (Å²) in [5, 5.41) is 12.4. The van der Waals surface area contributed by atoms with E-state index in [1.54, 1.807) is 12.4 Å². The van der Waals surface area contributed by atoms with Crippen LogP contribution in [0.5, 0.6) is 0 Å². The second kappa shape index (κ2) is 8.07. The molecule has 116 valence electrons. The van der Waals surface area contributed by atoms with Crippen LogP contribution in [0.2, 0.25) is 0 Å². The number of aliphatic hydroxyl groups is 1. The van der Waals surface area contributed by atoms with E-state index in [4.69, 9.17) is 10.5 Å². The Labute approximate surface area is 124 Å². The highest BCUT2D eigenvalue weighted by Crippen LogP contribution is 2.21. The molecule has 0 bridgehead atoms. The smallest absolute Gasteiger partial charge is 0.224 e. The first kappa shape index (κ1) is 15.9. The molecule has 2 rings (SSSR count). The molecule has 1 saturated heterocycles. The highest BCUT2D eigenvalue weighted by Gasteiger charge is 2.31. The number of rotatable bonds is 6. The highest BCUT2D eigenvalue weighted by molar-refractivity contribution is 5.78. The summed E-state index contributed by atoms with van der Waals surface area (Å²) in [5.41, 5.74) is 6.45. The van der Waals surface area contributed by atoms with Crippen LogP contribution >= 0.6 is 0 Å². The van der Waals surface area contributed by atoms with E-state index in [9.17, 15) is 9.90 Å². The van der Waals surface area contributed by atoms with Gasteiger partial charge in [-0.1, -0.05) is 0 Å². The lowest BCUT2D eigenvalue weighted by Crippen LogP contribution is -2.51. The number of aromatic nitrogens is 1. The van der Waals surface area contributed by atoms with E-state index in [2.05, 4.69) is 10.3 Å². The first-order valence-electron chi connectivity index (χ1n) is 7.37. The average Bonchev–Trinajstić information content (AvgIpc) is 2.50. The van der Waals surface area contributed by atoms with E-state index >= 15 is 0 Å². The van der Waals surface area contributed by atoms with Gasteiger partial charge >= 0.3 is 0 Å². The Kier molecular flexibility index (Phi) is 6.10. The van der Waals surface area contributed by atoms with Crippen LogP contribution in [0.25, 0.3) is 0 Å². The van der Waals surface area contributed by atoms with Gasteiger partial charge in [-0.15, -0.1) is 0 Å². The number of amides is 1. The van der Waals surface area contributed by atoms with Crippen molar-refractivity contribution in [2.24, 2.45) is 5.73 Å². The summed E-state index contributed by atoms with van der Waals surface area (Å²) in [4.78, 5) is 16.0. The van der Waals surface area contributed by atoms with Gasteiger partial charge in [-0.05, 0) is 43.5 Å². The van der Waals surface area contributed by atoms with Crippen molar-refractivity contribution < 1.29 is 14.6 Å². The number of ether oxygens (including phenoxy) is 1. The second-order valence-electron chi connectivity index (χ2n) is 5.34. The molecule has 0 aromatic carbocycles.